The fourth-order valence-electron chi connectivity index (χ4n) is 3.26. The van der Waals surface area contributed by atoms with E-state index in [-0.39, 0.29) is 0 Å². The van der Waals surface area contributed by atoms with Gasteiger partial charge in [-0.05, 0) is 52.6 Å². The number of fused-ring (bicyclic) bond motifs is 1. The lowest BCUT2D eigenvalue weighted by molar-refractivity contribution is 0.166. The molecule has 3 rings (SSSR count). The topological polar surface area (TPSA) is 28.2 Å². The lowest BCUT2D eigenvalue weighted by Crippen LogP contribution is -2.45. The van der Waals surface area contributed by atoms with Gasteiger partial charge in [-0.15, -0.1) is 11.3 Å². The minimum absolute atomic E-state index is 0.703. The highest BCUT2D eigenvalue weighted by atomic mass is 32.1. The van der Waals surface area contributed by atoms with Crippen LogP contribution in [0.25, 0.3) is 0 Å². The third-order valence-corrected chi connectivity index (χ3v) is 5.51. The first-order valence-electron chi connectivity index (χ1n) is 7.12. The van der Waals surface area contributed by atoms with Crippen molar-refractivity contribution in [2.45, 2.75) is 58.2 Å². The van der Waals surface area contributed by atoms with Gasteiger partial charge >= 0.3 is 0 Å². The van der Waals surface area contributed by atoms with E-state index >= 15 is 0 Å². The van der Waals surface area contributed by atoms with Gasteiger partial charge in [0.1, 0.15) is 5.01 Å². The molecular formula is C14H23N3S. The summed E-state index contributed by atoms with van der Waals surface area (Å²) in [6, 6.07) is 1.56. The SMILES string of the molecule is Cc1nc(CNC2CCN3CCCC3C2)sc1C. The summed E-state index contributed by atoms with van der Waals surface area (Å²) in [5.74, 6) is 0. The zero-order chi connectivity index (χ0) is 12.5. The van der Waals surface area contributed by atoms with Gasteiger partial charge < -0.3 is 10.2 Å². The van der Waals surface area contributed by atoms with Gasteiger partial charge in [0.25, 0.3) is 0 Å². The van der Waals surface area contributed by atoms with Gasteiger partial charge in [-0.3, -0.25) is 0 Å². The Morgan fingerprint density at radius 3 is 3.00 bits per heavy atom. The van der Waals surface area contributed by atoms with Crippen molar-refractivity contribution < 1.29 is 0 Å². The second-order valence-electron chi connectivity index (χ2n) is 5.68. The molecule has 3 heterocycles. The molecule has 0 aromatic carbocycles. The zero-order valence-corrected chi connectivity index (χ0v) is 12.2. The van der Waals surface area contributed by atoms with Crippen molar-refractivity contribution >= 4 is 11.3 Å². The number of nitrogens with one attached hydrogen (secondary N) is 1. The van der Waals surface area contributed by atoms with E-state index in [4.69, 9.17) is 0 Å². The molecule has 2 fully saturated rings. The first kappa shape index (κ1) is 12.6. The Morgan fingerprint density at radius 2 is 2.22 bits per heavy atom. The van der Waals surface area contributed by atoms with Crippen LogP contribution in [0.4, 0.5) is 0 Å². The minimum Gasteiger partial charge on any atom is -0.308 e. The van der Waals surface area contributed by atoms with E-state index in [0.29, 0.717) is 6.04 Å². The number of hydrogen-bond donors (Lipinski definition) is 1. The molecule has 1 aromatic heterocycles. The molecule has 2 aliphatic heterocycles. The molecule has 0 saturated carbocycles. The van der Waals surface area contributed by atoms with Crippen LogP contribution in [0.15, 0.2) is 0 Å². The molecule has 2 saturated heterocycles. The average molecular weight is 265 g/mol. The van der Waals surface area contributed by atoms with E-state index in [1.165, 1.54) is 54.4 Å². The number of aryl methyl sites for hydroxylation is 2. The van der Waals surface area contributed by atoms with Crippen LogP contribution in [0, 0.1) is 13.8 Å². The van der Waals surface area contributed by atoms with Crippen molar-refractivity contribution in [2.75, 3.05) is 13.1 Å². The van der Waals surface area contributed by atoms with Crippen LogP contribution in [-0.4, -0.2) is 35.1 Å². The normalized spacial score (nSPS) is 28.6. The summed E-state index contributed by atoms with van der Waals surface area (Å²) >= 11 is 1.84. The predicted molar refractivity (Wildman–Crippen MR) is 76.0 cm³/mol. The van der Waals surface area contributed by atoms with Gasteiger partial charge in [-0.25, -0.2) is 4.98 Å². The second-order valence-corrected chi connectivity index (χ2v) is 6.97. The molecule has 0 aliphatic carbocycles. The number of nitrogens with zero attached hydrogens (tertiary/aromatic N) is 2. The van der Waals surface area contributed by atoms with Gasteiger partial charge in [-0.1, -0.05) is 0 Å². The highest BCUT2D eigenvalue weighted by molar-refractivity contribution is 7.11. The average Bonchev–Trinajstić information content (AvgIpc) is 2.94. The number of rotatable bonds is 3. The largest absolute Gasteiger partial charge is 0.308 e. The minimum atomic E-state index is 0.703. The van der Waals surface area contributed by atoms with Gasteiger partial charge in [0.05, 0.1) is 5.69 Å². The summed E-state index contributed by atoms with van der Waals surface area (Å²) in [5.41, 5.74) is 1.20. The molecule has 2 unspecified atom stereocenters. The predicted octanol–water partition coefficient (Wildman–Crippen LogP) is 2.48. The highest BCUT2D eigenvalue weighted by Crippen LogP contribution is 2.27. The molecule has 4 heteroatoms. The van der Waals surface area contributed by atoms with Crippen LogP contribution in [0.5, 0.6) is 0 Å². The van der Waals surface area contributed by atoms with Crippen molar-refractivity contribution in [3.63, 3.8) is 0 Å². The van der Waals surface area contributed by atoms with Gasteiger partial charge in [0.2, 0.25) is 0 Å². The maximum atomic E-state index is 4.61. The Labute approximate surface area is 114 Å². The van der Waals surface area contributed by atoms with Crippen LogP contribution in [0.2, 0.25) is 0 Å². The molecule has 3 nitrogen and oxygen atoms in total. The summed E-state index contributed by atoms with van der Waals surface area (Å²) in [6.45, 7) is 7.84. The van der Waals surface area contributed by atoms with Crippen LogP contribution in [0.1, 0.15) is 41.3 Å². The Morgan fingerprint density at radius 1 is 1.33 bits per heavy atom. The smallest absolute Gasteiger partial charge is 0.107 e. The van der Waals surface area contributed by atoms with Crippen LogP contribution in [0.3, 0.4) is 0 Å². The maximum Gasteiger partial charge on any atom is 0.107 e. The van der Waals surface area contributed by atoms with E-state index in [9.17, 15) is 0 Å². The zero-order valence-electron chi connectivity index (χ0n) is 11.4. The Bertz CT molecular complexity index is 396. The molecule has 0 bridgehead atoms. The summed E-state index contributed by atoms with van der Waals surface area (Å²) in [5, 5.41) is 4.96. The molecule has 1 N–H and O–H groups in total. The van der Waals surface area contributed by atoms with E-state index in [1.807, 2.05) is 11.3 Å². The van der Waals surface area contributed by atoms with Crippen LogP contribution in [-0.2, 0) is 6.54 Å². The van der Waals surface area contributed by atoms with E-state index in [1.54, 1.807) is 0 Å². The summed E-state index contributed by atoms with van der Waals surface area (Å²) in [6.07, 6.45) is 5.46. The quantitative estimate of drug-likeness (QED) is 0.910. The molecule has 1 aromatic rings. The maximum absolute atomic E-state index is 4.61. The Hall–Kier alpha value is -0.450. The fraction of sp³-hybridized carbons (Fsp3) is 0.786. The van der Waals surface area contributed by atoms with Gasteiger partial charge in [0.15, 0.2) is 0 Å². The van der Waals surface area contributed by atoms with Gasteiger partial charge in [-0.2, -0.15) is 0 Å². The molecule has 0 amide bonds. The van der Waals surface area contributed by atoms with Crippen molar-refractivity contribution in [3.05, 3.63) is 15.6 Å². The number of aromatic nitrogens is 1. The first-order valence-corrected chi connectivity index (χ1v) is 7.94. The molecule has 100 valence electrons. The molecule has 18 heavy (non-hydrogen) atoms. The Kier molecular flexibility index (Phi) is 3.68. The number of piperidine rings is 1. The second kappa shape index (κ2) is 5.27. The molecule has 0 radical (unpaired) electrons. The third kappa shape index (κ3) is 2.60. The van der Waals surface area contributed by atoms with Crippen molar-refractivity contribution in [1.29, 1.82) is 0 Å². The summed E-state index contributed by atoms with van der Waals surface area (Å²) in [4.78, 5) is 8.64. The lowest BCUT2D eigenvalue weighted by atomic mass is 9.98. The summed E-state index contributed by atoms with van der Waals surface area (Å²) < 4.78 is 0. The Balaban J connectivity index is 1.51. The lowest BCUT2D eigenvalue weighted by Gasteiger charge is -2.35. The van der Waals surface area contributed by atoms with Crippen molar-refractivity contribution in [2.24, 2.45) is 0 Å². The van der Waals surface area contributed by atoms with E-state index in [2.05, 4.69) is 29.0 Å². The highest BCUT2D eigenvalue weighted by Gasteiger charge is 2.31. The third-order valence-electron chi connectivity index (χ3n) is 4.44. The van der Waals surface area contributed by atoms with Crippen LogP contribution < -0.4 is 5.32 Å². The molecule has 2 atom stereocenters. The van der Waals surface area contributed by atoms with E-state index < -0.39 is 0 Å². The van der Waals surface area contributed by atoms with Crippen LogP contribution >= 0.6 is 11.3 Å². The molecule has 2 aliphatic rings. The summed E-state index contributed by atoms with van der Waals surface area (Å²) in [7, 11) is 0. The standard InChI is InChI=1S/C14H23N3S/c1-10-11(2)18-14(16-10)9-15-12-5-7-17-6-3-4-13(17)8-12/h12-13,15H,3-9H2,1-2H3. The van der Waals surface area contributed by atoms with Gasteiger partial charge in [0, 0.05) is 23.5 Å². The monoisotopic (exact) mass is 265 g/mol. The van der Waals surface area contributed by atoms with Crippen molar-refractivity contribution in [1.82, 2.24) is 15.2 Å². The number of thiazole rings is 1. The fourth-order valence-corrected chi connectivity index (χ4v) is 4.14. The molecule has 0 spiro atoms. The first-order chi connectivity index (χ1) is 8.72. The molecular weight excluding hydrogens is 242 g/mol. The van der Waals surface area contributed by atoms with Crippen molar-refractivity contribution in [3.8, 4) is 0 Å². The van der Waals surface area contributed by atoms with E-state index in [0.717, 1.165) is 12.6 Å². The number of hydrogen-bond acceptors (Lipinski definition) is 4.